The highest BCUT2D eigenvalue weighted by molar-refractivity contribution is 9.10. The molecule has 0 saturated carbocycles. The van der Waals surface area contributed by atoms with Gasteiger partial charge in [-0.25, -0.2) is 4.98 Å². The van der Waals surface area contributed by atoms with Gasteiger partial charge in [0.1, 0.15) is 5.82 Å². The number of likely N-dealkylation sites (tertiary alicyclic amines) is 1. The van der Waals surface area contributed by atoms with E-state index in [9.17, 15) is 4.79 Å². The van der Waals surface area contributed by atoms with E-state index in [1.165, 1.54) is 5.52 Å². The van der Waals surface area contributed by atoms with E-state index < -0.39 is 0 Å². The topological polar surface area (TPSA) is 51.3 Å². The fourth-order valence-corrected chi connectivity index (χ4v) is 4.13. The fraction of sp³-hybridized carbons (Fsp3) is 0.400. The number of para-hydroxylation sites is 2. The van der Waals surface area contributed by atoms with Crippen molar-refractivity contribution in [2.45, 2.75) is 38.6 Å². The first-order valence-electron chi connectivity index (χ1n) is 9.17. The Morgan fingerprint density at radius 1 is 1.31 bits per heavy atom. The number of nitrogens with zero attached hydrogens (tertiary/aromatic N) is 3. The summed E-state index contributed by atoms with van der Waals surface area (Å²) < 4.78 is 8.37. The molecule has 6 heteroatoms. The highest BCUT2D eigenvalue weighted by Gasteiger charge is 2.30. The lowest BCUT2D eigenvalue weighted by Gasteiger charge is -2.32. The van der Waals surface area contributed by atoms with Crippen LogP contribution in [-0.4, -0.2) is 33.4 Å². The summed E-state index contributed by atoms with van der Waals surface area (Å²) in [4.78, 5) is 19.6. The lowest BCUT2D eigenvalue weighted by atomic mass is 9.96. The first-order chi connectivity index (χ1) is 12.7. The number of fused-ring (bicyclic) bond motifs is 1. The molecule has 0 aliphatic carbocycles. The van der Waals surface area contributed by atoms with Crippen LogP contribution in [0.4, 0.5) is 0 Å². The van der Waals surface area contributed by atoms with Gasteiger partial charge < -0.3 is 13.9 Å². The Morgan fingerprint density at radius 2 is 2.15 bits per heavy atom. The minimum Gasteiger partial charge on any atom is -0.444 e. The number of halogens is 1. The van der Waals surface area contributed by atoms with Crippen molar-refractivity contribution in [2.75, 3.05) is 13.1 Å². The van der Waals surface area contributed by atoms with E-state index in [1.54, 1.807) is 12.1 Å². The highest BCUT2D eigenvalue weighted by atomic mass is 79.9. The van der Waals surface area contributed by atoms with Crippen LogP contribution in [-0.2, 0) is 6.54 Å². The second-order valence-corrected chi connectivity index (χ2v) is 7.59. The van der Waals surface area contributed by atoms with Gasteiger partial charge in [-0.05, 0) is 59.5 Å². The van der Waals surface area contributed by atoms with Crippen molar-refractivity contribution >= 4 is 32.9 Å². The molecule has 1 atom stereocenters. The van der Waals surface area contributed by atoms with E-state index in [0.717, 1.165) is 43.7 Å². The van der Waals surface area contributed by atoms with Crippen molar-refractivity contribution in [3.63, 3.8) is 0 Å². The maximum atomic E-state index is 12.8. The van der Waals surface area contributed by atoms with Gasteiger partial charge >= 0.3 is 0 Å². The summed E-state index contributed by atoms with van der Waals surface area (Å²) in [5.74, 6) is 1.70. The first kappa shape index (κ1) is 17.3. The number of aryl methyl sites for hydroxylation is 1. The van der Waals surface area contributed by atoms with Crippen LogP contribution < -0.4 is 0 Å². The number of piperidine rings is 1. The predicted octanol–water partition coefficient (Wildman–Crippen LogP) is 4.82. The van der Waals surface area contributed by atoms with Crippen LogP contribution in [0.2, 0.25) is 0 Å². The molecule has 1 fully saturated rings. The fourth-order valence-electron chi connectivity index (χ4n) is 3.82. The predicted molar refractivity (Wildman–Crippen MR) is 104 cm³/mol. The van der Waals surface area contributed by atoms with Crippen molar-refractivity contribution in [1.82, 2.24) is 14.5 Å². The number of carbonyl (C=O) groups is 1. The number of amides is 1. The summed E-state index contributed by atoms with van der Waals surface area (Å²) in [7, 11) is 0. The van der Waals surface area contributed by atoms with Gasteiger partial charge in [-0.15, -0.1) is 0 Å². The zero-order valence-corrected chi connectivity index (χ0v) is 16.4. The van der Waals surface area contributed by atoms with Crippen LogP contribution >= 0.6 is 15.9 Å². The molecule has 1 aromatic carbocycles. The summed E-state index contributed by atoms with van der Waals surface area (Å²) >= 11 is 3.27. The molecule has 0 spiro atoms. The van der Waals surface area contributed by atoms with Gasteiger partial charge in [-0.2, -0.15) is 0 Å². The van der Waals surface area contributed by atoms with E-state index in [1.807, 2.05) is 11.0 Å². The molecule has 136 valence electrons. The number of furan rings is 1. The van der Waals surface area contributed by atoms with Gasteiger partial charge in [0.05, 0.1) is 11.0 Å². The quantitative estimate of drug-likeness (QED) is 0.613. The number of hydrogen-bond donors (Lipinski definition) is 0. The minimum atomic E-state index is -0.0430. The Labute approximate surface area is 161 Å². The second-order valence-electron chi connectivity index (χ2n) is 6.80. The van der Waals surface area contributed by atoms with Gasteiger partial charge in [0.2, 0.25) is 0 Å². The van der Waals surface area contributed by atoms with Crippen LogP contribution in [0.5, 0.6) is 0 Å². The van der Waals surface area contributed by atoms with E-state index in [4.69, 9.17) is 9.40 Å². The molecule has 0 bridgehead atoms. The smallest absolute Gasteiger partial charge is 0.289 e. The second kappa shape index (κ2) is 7.27. The van der Waals surface area contributed by atoms with E-state index in [0.29, 0.717) is 17.0 Å². The third-order valence-electron chi connectivity index (χ3n) is 4.99. The standard InChI is InChI=1S/C20H22BrN3O2/c1-2-11-24-16-8-4-3-7-15(16)22-19(24)14-6-5-12-23(13-14)20(25)17-9-10-18(21)26-17/h3-4,7-10,14H,2,5-6,11-13H2,1H3. The van der Waals surface area contributed by atoms with Gasteiger partial charge in [0.15, 0.2) is 10.4 Å². The number of carbonyl (C=O) groups excluding carboxylic acids is 1. The van der Waals surface area contributed by atoms with Crippen molar-refractivity contribution in [2.24, 2.45) is 0 Å². The number of benzene rings is 1. The van der Waals surface area contributed by atoms with E-state index >= 15 is 0 Å². The third-order valence-corrected chi connectivity index (χ3v) is 5.42. The number of rotatable bonds is 4. The average Bonchev–Trinajstić information content (AvgIpc) is 3.26. The van der Waals surface area contributed by atoms with E-state index in [-0.39, 0.29) is 11.8 Å². The van der Waals surface area contributed by atoms with Crippen LogP contribution in [0.1, 0.15) is 48.5 Å². The zero-order valence-electron chi connectivity index (χ0n) is 14.8. The summed E-state index contributed by atoms with van der Waals surface area (Å²) in [6.45, 7) is 4.58. The van der Waals surface area contributed by atoms with Crippen LogP contribution in [0.3, 0.4) is 0 Å². The SMILES string of the molecule is CCCn1c(C2CCCN(C(=O)c3ccc(Br)o3)C2)nc2ccccc21. The van der Waals surface area contributed by atoms with Gasteiger partial charge in [-0.1, -0.05) is 19.1 Å². The number of imidazole rings is 1. The highest BCUT2D eigenvalue weighted by Crippen LogP contribution is 2.30. The largest absolute Gasteiger partial charge is 0.444 e. The molecule has 1 amide bonds. The molecular formula is C20H22BrN3O2. The van der Waals surface area contributed by atoms with Crippen LogP contribution in [0.15, 0.2) is 45.5 Å². The molecule has 5 nitrogen and oxygen atoms in total. The summed E-state index contributed by atoms with van der Waals surface area (Å²) in [6.07, 6.45) is 3.09. The lowest BCUT2D eigenvalue weighted by Crippen LogP contribution is -2.39. The molecule has 3 aromatic rings. The molecule has 4 rings (SSSR count). The zero-order chi connectivity index (χ0) is 18.1. The van der Waals surface area contributed by atoms with Crippen molar-refractivity contribution < 1.29 is 9.21 Å². The average molecular weight is 416 g/mol. The molecule has 1 aliphatic heterocycles. The summed E-state index contributed by atoms with van der Waals surface area (Å²) in [6, 6.07) is 11.8. The molecule has 1 aliphatic rings. The summed E-state index contributed by atoms with van der Waals surface area (Å²) in [5.41, 5.74) is 2.22. The number of aromatic nitrogens is 2. The van der Waals surface area contributed by atoms with Gasteiger partial charge in [-0.3, -0.25) is 4.79 Å². The monoisotopic (exact) mass is 415 g/mol. The normalized spacial score (nSPS) is 17.8. The minimum absolute atomic E-state index is 0.0430. The first-order valence-corrected chi connectivity index (χ1v) is 9.96. The lowest BCUT2D eigenvalue weighted by molar-refractivity contribution is 0.0670. The van der Waals surface area contributed by atoms with E-state index in [2.05, 4.69) is 45.6 Å². The molecule has 0 radical (unpaired) electrons. The molecule has 1 unspecified atom stereocenters. The molecule has 0 N–H and O–H groups in total. The summed E-state index contributed by atoms with van der Waals surface area (Å²) in [5, 5.41) is 0. The molecule has 1 saturated heterocycles. The molecular weight excluding hydrogens is 394 g/mol. The Balaban J connectivity index is 1.62. The van der Waals surface area contributed by atoms with Crippen LogP contribution in [0.25, 0.3) is 11.0 Å². The van der Waals surface area contributed by atoms with Gasteiger partial charge in [0, 0.05) is 25.6 Å². The van der Waals surface area contributed by atoms with Crippen molar-refractivity contribution in [3.05, 3.63) is 52.7 Å². The van der Waals surface area contributed by atoms with Crippen molar-refractivity contribution in [3.8, 4) is 0 Å². The maximum Gasteiger partial charge on any atom is 0.289 e. The maximum absolute atomic E-state index is 12.8. The van der Waals surface area contributed by atoms with Crippen molar-refractivity contribution in [1.29, 1.82) is 0 Å². The Morgan fingerprint density at radius 3 is 2.92 bits per heavy atom. The Hall–Kier alpha value is -2.08. The van der Waals surface area contributed by atoms with Crippen LogP contribution in [0, 0.1) is 0 Å². The Kier molecular flexibility index (Phi) is 4.85. The third kappa shape index (κ3) is 3.18. The molecule has 26 heavy (non-hydrogen) atoms. The molecule has 3 heterocycles. The van der Waals surface area contributed by atoms with Gasteiger partial charge in [0.25, 0.3) is 5.91 Å². The molecule has 2 aromatic heterocycles. The number of hydrogen-bond acceptors (Lipinski definition) is 3. The Bertz CT molecular complexity index is 930.